The van der Waals surface area contributed by atoms with Gasteiger partial charge in [-0.05, 0) is 48.8 Å². The zero-order chi connectivity index (χ0) is 33.2. The fourth-order valence-corrected chi connectivity index (χ4v) is 7.97. The Morgan fingerprint density at radius 1 is 1.23 bits per heavy atom. The fraction of sp³-hybridized carbons (Fsp3) is 0.480. The molecule has 1 aromatic heterocycles. The smallest absolute Gasteiger partial charge is 0.748 e. The van der Waals surface area contributed by atoms with Gasteiger partial charge in [0.1, 0.15) is 17.0 Å². The number of hydrogen-bond donors (Lipinski definition) is 3. The molecule has 17 nitrogen and oxygen atoms in total. The van der Waals surface area contributed by atoms with Gasteiger partial charge in [0.25, 0.3) is 11.6 Å². The van der Waals surface area contributed by atoms with Gasteiger partial charge in [0, 0.05) is 23.9 Å². The van der Waals surface area contributed by atoms with Crippen molar-refractivity contribution in [3.63, 3.8) is 0 Å². The Morgan fingerprint density at radius 3 is 2.43 bits per heavy atom. The van der Waals surface area contributed by atoms with E-state index in [1.165, 1.54) is 0 Å². The van der Waals surface area contributed by atoms with E-state index in [0.717, 1.165) is 35.5 Å². The number of carbonyl (C=O) groups is 4. The van der Waals surface area contributed by atoms with Crippen molar-refractivity contribution in [1.82, 2.24) is 36.2 Å². The molecule has 0 bridgehead atoms. The standard InChI is InChI=1S/C25H31N7O10S3.2Na/c1-24(2,3)42-23(37)26-16(13-8-6-5-7-9-13)18(33)27-25(41-4)20(36)32-17(19(34)35)14(12-43-21(25)32)15(10-11-45(38,39)40)44-22-28-30-31-29-22;;/h5-9,15-16,21H,10-12H2,1-4H3,(H,26,37)(H,27,33)(H,34,35)(H,38,39,40)(H,28,29,30,31);;/q;2*+1/p-2/t15?,16?,21-,25-;;/m0../s1. The molecule has 47 heavy (non-hydrogen) atoms. The molecule has 1 saturated heterocycles. The van der Waals surface area contributed by atoms with E-state index in [1.54, 1.807) is 51.1 Å². The summed E-state index contributed by atoms with van der Waals surface area (Å²) in [5, 5.41) is 28.6. The van der Waals surface area contributed by atoms with E-state index in [4.69, 9.17) is 9.47 Å². The van der Waals surface area contributed by atoms with E-state index in [-0.39, 0.29) is 82.0 Å². The van der Waals surface area contributed by atoms with Gasteiger partial charge < -0.3 is 34.6 Å². The second-order valence-corrected chi connectivity index (χ2v) is 14.6. The summed E-state index contributed by atoms with van der Waals surface area (Å²) in [6.07, 6.45) is -1.22. The summed E-state index contributed by atoms with van der Waals surface area (Å²) < 4.78 is 45.1. The van der Waals surface area contributed by atoms with Crippen LogP contribution in [0.25, 0.3) is 0 Å². The Hall–Kier alpha value is -1.72. The summed E-state index contributed by atoms with van der Waals surface area (Å²) in [5.41, 5.74) is -3.04. The number of tetrazole rings is 1. The molecule has 3 amide bonds. The number of carbonyl (C=O) groups excluding carboxylic acids is 4. The van der Waals surface area contributed by atoms with E-state index >= 15 is 0 Å². The molecule has 2 unspecified atom stereocenters. The maximum atomic E-state index is 13.7. The first-order valence-corrected chi connectivity index (χ1v) is 16.7. The number of methoxy groups -OCH3 is 1. The van der Waals surface area contributed by atoms with Crippen LogP contribution in [0, 0.1) is 0 Å². The number of hydrogen-bond acceptors (Lipinski definition) is 15. The van der Waals surface area contributed by atoms with Crippen LogP contribution < -0.4 is 74.9 Å². The molecule has 244 valence electrons. The Morgan fingerprint density at radius 2 is 1.89 bits per heavy atom. The number of aromatic amines is 1. The normalized spacial score (nSPS) is 20.4. The Balaban J connectivity index is 0.00000384. The van der Waals surface area contributed by atoms with Gasteiger partial charge in [-0.2, -0.15) is 0 Å². The number of thioether (sulfide) groups is 2. The molecular formula is C25H29N7Na2O10S3. The number of fused-ring (bicyclic) bond motifs is 1. The van der Waals surface area contributed by atoms with Gasteiger partial charge in [-0.15, -0.1) is 16.9 Å². The average Bonchev–Trinajstić information content (AvgIpc) is 3.48. The zero-order valence-corrected chi connectivity index (χ0v) is 32.8. The molecule has 1 fully saturated rings. The van der Waals surface area contributed by atoms with Crippen molar-refractivity contribution in [2.24, 2.45) is 0 Å². The summed E-state index contributed by atoms with van der Waals surface area (Å²) in [7, 11) is -3.53. The molecular weight excluding hydrogens is 700 g/mol. The van der Waals surface area contributed by atoms with Crippen LogP contribution >= 0.6 is 23.5 Å². The van der Waals surface area contributed by atoms with Crippen LogP contribution in [0.2, 0.25) is 0 Å². The second-order valence-electron chi connectivity index (χ2n) is 10.8. The average molecular weight is 730 g/mol. The van der Waals surface area contributed by atoms with E-state index in [1.807, 2.05) is 0 Å². The molecule has 0 spiro atoms. The minimum Gasteiger partial charge on any atom is -0.748 e. The van der Waals surface area contributed by atoms with Crippen LogP contribution in [-0.4, -0.2) is 103 Å². The number of amides is 3. The largest absolute Gasteiger partial charge is 1.00 e. The van der Waals surface area contributed by atoms with Gasteiger partial charge in [-0.25, -0.2) is 18.3 Å². The van der Waals surface area contributed by atoms with Crippen LogP contribution in [0.3, 0.4) is 0 Å². The number of nitrogens with zero attached hydrogens (tertiary/aromatic N) is 4. The number of H-pyrrole nitrogens is 1. The number of alkyl carbamates (subject to hydrolysis) is 1. The van der Waals surface area contributed by atoms with Gasteiger partial charge in [-0.1, -0.05) is 42.1 Å². The molecule has 0 aliphatic carbocycles. The SMILES string of the molecule is CO[C@@]1(NC(=O)C(NC(=O)OC(C)(C)C)c2ccccc2)C(=O)N2C(C(=O)[O-])=C(C(CCS(=O)(=O)[O-])Sc3nnn[nH]3)CS[C@H]21.[Na+].[Na+]. The zero-order valence-electron chi connectivity index (χ0n) is 26.3. The molecule has 2 aliphatic heterocycles. The number of ether oxygens (including phenoxy) is 2. The minimum absolute atomic E-state index is 0. The molecule has 4 rings (SSSR count). The summed E-state index contributed by atoms with van der Waals surface area (Å²) in [6, 6.07) is 6.82. The van der Waals surface area contributed by atoms with Gasteiger partial charge in [0.2, 0.25) is 11.1 Å². The molecule has 4 atom stereocenters. The third-order valence-electron chi connectivity index (χ3n) is 6.54. The molecule has 2 aliphatic rings. The van der Waals surface area contributed by atoms with Crippen molar-refractivity contribution in [2.75, 3.05) is 18.6 Å². The number of nitrogens with one attached hydrogen (secondary N) is 3. The third kappa shape index (κ3) is 9.93. The predicted octanol–water partition coefficient (Wildman–Crippen LogP) is -6.75. The Bertz CT molecular complexity index is 1590. The first-order chi connectivity index (χ1) is 21.1. The van der Waals surface area contributed by atoms with E-state index < -0.39 is 73.4 Å². The molecule has 22 heteroatoms. The van der Waals surface area contributed by atoms with E-state index in [0.29, 0.717) is 5.56 Å². The predicted molar refractivity (Wildman–Crippen MR) is 155 cm³/mol. The third-order valence-corrected chi connectivity index (χ3v) is 9.81. The quantitative estimate of drug-likeness (QED) is 0.0604. The fourth-order valence-electron chi connectivity index (χ4n) is 4.66. The van der Waals surface area contributed by atoms with Crippen LogP contribution in [0.5, 0.6) is 0 Å². The number of carboxylic acid groups (broad SMARTS) is 1. The van der Waals surface area contributed by atoms with Gasteiger partial charge in [0.05, 0.1) is 21.8 Å². The number of rotatable bonds is 12. The Labute approximate surface area is 322 Å². The van der Waals surface area contributed by atoms with Gasteiger partial charge in [-0.3, -0.25) is 14.5 Å². The summed E-state index contributed by atoms with van der Waals surface area (Å²) in [5.74, 6) is -4.48. The number of β-lactam (4-membered cyclic amide) rings is 1. The Kier molecular flexibility index (Phi) is 14.8. The first-order valence-electron chi connectivity index (χ1n) is 13.2. The molecule has 1 aromatic carbocycles. The second kappa shape index (κ2) is 16.8. The minimum atomic E-state index is -4.69. The van der Waals surface area contributed by atoms with E-state index in [9.17, 15) is 37.3 Å². The van der Waals surface area contributed by atoms with Crippen LogP contribution in [0.4, 0.5) is 4.79 Å². The first kappa shape index (κ1) is 41.5. The molecule has 0 radical (unpaired) electrons. The maximum absolute atomic E-state index is 13.7. The number of aromatic nitrogens is 4. The van der Waals surface area contributed by atoms with Gasteiger partial charge in [0.15, 0.2) is 0 Å². The van der Waals surface area contributed by atoms with Gasteiger partial charge >= 0.3 is 65.2 Å². The van der Waals surface area contributed by atoms with Crippen molar-refractivity contribution < 1.29 is 106 Å². The summed E-state index contributed by atoms with van der Waals surface area (Å²) >= 11 is 1.90. The van der Waals surface area contributed by atoms with Crippen LogP contribution in [-0.2, 0) is 34.0 Å². The number of carboxylic acids is 1. The number of benzene rings is 1. The van der Waals surface area contributed by atoms with Crippen LogP contribution in [0.15, 0.2) is 46.8 Å². The molecule has 3 N–H and O–H groups in total. The summed E-state index contributed by atoms with van der Waals surface area (Å²) in [6.45, 7) is 4.94. The summed E-state index contributed by atoms with van der Waals surface area (Å²) in [4.78, 5) is 53.4. The van der Waals surface area contributed by atoms with Crippen molar-refractivity contribution >= 4 is 57.5 Å². The molecule has 3 heterocycles. The van der Waals surface area contributed by atoms with E-state index in [2.05, 4.69) is 31.3 Å². The van der Waals surface area contributed by atoms with Crippen LogP contribution in [0.1, 0.15) is 38.8 Å². The monoisotopic (exact) mass is 729 g/mol. The van der Waals surface area contributed by atoms with Crippen molar-refractivity contribution in [3.05, 3.63) is 47.2 Å². The van der Waals surface area contributed by atoms with Crippen molar-refractivity contribution in [2.45, 2.75) is 60.3 Å². The van der Waals surface area contributed by atoms with Crippen molar-refractivity contribution in [1.29, 1.82) is 0 Å². The molecule has 0 saturated carbocycles. The van der Waals surface area contributed by atoms with Crippen molar-refractivity contribution in [3.8, 4) is 0 Å². The molecule has 2 aromatic rings. The topological polar surface area (TPSA) is 249 Å². The maximum Gasteiger partial charge on any atom is 1.00 e. The number of aliphatic carboxylic acids is 1.